The fourth-order valence-electron chi connectivity index (χ4n) is 1.09. The van der Waals surface area contributed by atoms with Crippen LogP contribution in [0.25, 0.3) is 0 Å². The van der Waals surface area contributed by atoms with E-state index >= 15 is 0 Å². The van der Waals surface area contributed by atoms with E-state index in [4.69, 9.17) is 0 Å². The Morgan fingerprint density at radius 1 is 1.53 bits per heavy atom. The van der Waals surface area contributed by atoms with Gasteiger partial charge >= 0.3 is 0 Å². The predicted molar refractivity (Wildman–Crippen MR) is 65.5 cm³/mol. The summed E-state index contributed by atoms with van der Waals surface area (Å²) in [6.07, 6.45) is 1.05. The van der Waals surface area contributed by atoms with Crippen molar-refractivity contribution in [2.75, 3.05) is 5.32 Å². The summed E-state index contributed by atoms with van der Waals surface area (Å²) < 4.78 is 0.952. The molecule has 1 amide bonds. The lowest BCUT2D eigenvalue weighted by Gasteiger charge is -2.03. The Morgan fingerprint density at radius 3 is 3.00 bits per heavy atom. The number of benzene rings is 1. The van der Waals surface area contributed by atoms with E-state index in [-0.39, 0.29) is 5.91 Å². The van der Waals surface area contributed by atoms with Gasteiger partial charge in [-0.2, -0.15) is 0 Å². The van der Waals surface area contributed by atoms with Gasteiger partial charge in [-0.15, -0.1) is 11.8 Å². The molecule has 1 aromatic carbocycles. The summed E-state index contributed by atoms with van der Waals surface area (Å²) in [7, 11) is 0. The molecule has 0 heterocycles. The van der Waals surface area contributed by atoms with Crippen molar-refractivity contribution < 1.29 is 4.79 Å². The predicted octanol–water partition coefficient (Wildman–Crippen LogP) is 3.19. The van der Waals surface area contributed by atoms with E-state index in [1.165, 1.54) is 0 Å². The van der Waals surface area contributed by atoms with E-state index in [2.05, 4.69) is 33.1 Å². The molecule has 0 aromatic heterocycles. The van der Waals surface area contributed by atoms with Crippen LogP contribution in [0.3, 0.4) is 0 Å². The maximum absolute atomic E-state index is 11.4. The molecule has 0 fully saturated rings. The van der Waals surface area contributed by atoms with E-state index in [9.17, 15) is 4.79 Å². The van der Waals surface area contributed by atoms with Crippen LogP contribution in [0.15, 0.2) is 28.7 Å². The Hall–Kier alpha value is -1.27. The van der Waals surface area contributed by atoms with Gasteiger partial charge in [-0.25, -0.2) is 0 Å². The lowest BCUT2D eigenvalue weighted by atomic mass is 10.2. The minimum atomic E-state index is -0.00384. The first-order valence-corrected chi connectivity index (χ1v) is 5.46. The van der Waals surface area contributed by atoms with Gasteiger partial charge in [0.15, 0.2) is 0 Å². The third-order valence-electron chi connectivity index (χ3n) is 1.76. The summed E-state index contributed by atoms with van der Waals surface area (Å²) in [5, 5.41) is 2.80. The number of rotatable bonds is 3. The van der Waals surface area contributed by atoms with Crippen LogP contribution in [0.2, 0.25) is 0 Å². The number of carbonyl (C=O) groups is 1. The molecule has 0 aliphatic heterocycles. The third-order valence-corrected chi connectivity index (χ3v) is 2.26. The Labute approximate surface area is 98.2 Å². The van der Waals surface area contributed by atoms with Crippen LogP contribution in [-0.2, 0) is 4.79 Å². The minimum Gasteiger partial charge on any atom is -0.326 e. The average Bonchev–Trinajstić information content (AvgIpc) is 2.18. The van der Waals surface area contributed by atoms with Crippen molar-refractivity contribution in [3.05, 3.63) is 28.7 Å². The van der Waals surface area contributed by atoms with E-state index in [0.29, 0.717) is 12.8 Å². The average molecular weight is 266 g/mol. The molecule has 3 heteroatoms. The smallest absolute Gasteiger partial charge is 0.225 e. The summed E-state index contributed by atoms with van der Waals surface area (Å²) in [6.45, 7) is 1.77. The standard InChI is InChI=1S/C12H12BrNO/c1-2-3-4-8-12(15)14-11-7-5-6-10(13)9-11/h5-7,9H,4,8H2,1H3,(H,14,15). The van der Waals surface area contributed by atoms with Crippen molar-refractivity contribution in [1.29, 1.82) is 0 Å². The van der Waals surface area contributed by atoms with Crippen molar-refractivity contribution in [2.24, 2.45) is 0 Å². The highest BCUT2D eigenvalue weighted by Gasteiger charge is 2.00. The van der Waals surface area contributed by atoms with Crippen molar-refractivity contribution in [1.82, 2.24) is 0 Å². The van der Waals surface area contributed by atoms with Crippen LogP contribution in [0.4, 0.5) is 5.69 Å². The highest BCUT2D eigenvalue weighted by atomic mass is 79.9. The molecule has 0 radical (unpaired) electrons. The number of hydrogen-bond donors (Lipinski definition) is 1. The van der Waals surface area contributed by atoms with Crippen LogP contribution in [-0.4, -0.2) is 5.91 Å². The molecule has 78 valence electrons. The molecule has 0 bridgehead atoms. The molecule has 0 aliphatic rings. The highest BCUT2D eigenvalue weighted by Crippen LogP contribution is 2.15. The molecule has 0 aliphatic carbocycles. The second-order valence-corrected chi connectivity index (χ2v) is 3.90. The zero-order chi connectivity index (χ0) is 11.1. The number of carbonyl (C=O) groups excluding carboxylic acids is 1. The van der Waals surface area contributed by atoms with Gasteiger partial charge in [-0.05, 0) is 25.1 Å². The minimum absolute atomic E-state index is 0.00384. The van der Waals surface area contributed by atoms with Crippen molar-refractivity contribution in [3.63, 3.8) is 0 Å². The molecule has 15 heavy (non-hydrogen) atoms. The lowest BCUT2D eigenvalue weighted by molar-refractivity contribution is -0.116. The summed E-state index contributed by atoms with van der Waals surface area (Å²) >= 11 is 3.34. The van der Waals surface area contributed by atoms with Gasteiger partial charge in [0.1, 0.15) is 0 Å². The number of nitrogens with one attached hydrogen (secondary N) is 1. The second kappa shape index (κ2) is 6.26. The third kappa shape index (κ3) is 4.66. The summed E-state index contributed by atoms with van der Waals surface area (Å²) in [5.74, 6) is 5.61. The van der Waals surface area contributed by atoms with Crippen molar-refractivity contribution in [2.45, 2.75) is 19.8 Å². The zero-order valence-corrected chi connectivity index (χ0v) is 10.1. The van der Waals surface area contributed by atoms with Crippen LogP contribution in [0.1, 0.15) is 19.8 Å². The van der Waals surface area contributed by atoms with Gasteiger partial charge in [0.2, 0.25) is 5.91 Å². The van der Waals surface area contributed by atoms with Gasteiger partial charge in [-0.1, -0.05) is 22.0 Å². The van der Waals surface area contributed by atoms with E-state index < -0.39 is 0 Å². The normalized spacial score (nSPS) is 8.93. The quantitative estimate of drug-likeness (QED) is 0.836. The molecule has 2 nitrogen and oxygen atoms in total. The molecule has 0 saturated carbocycles. The SMILES string of the molecule is CC#CCCC(=O)Nc1cccc(Br)c1. The lowest BCUT2D eigenvalue weighted by Crippen LogP contribution is -2.10. The van der Waals surface area contributed by atoms with Gasteiger partial charge in [0.05, 0.1) is 0 Å². The molecule has 0 saturated heterocycles. The van der Waals surface area contributed by atoms with E-state index in [1.54, 1.807) is 6.92 Å². The van der Waals surface area contributed by atoms with E-state index in [1.807, 2.05) is 24.3 Å². The zero-order valence-electron chi connectivity index (χ0n) is 8.51. The van der Waals surface area contributed by atoms with Crippen molar-refractivity contribution in [3.8, 4) is 11.8 Å². The number of amides is 1. The molecule has 1 N–H and O–H groups in total. The van der Waals surface area contributed by atoms with Gasteiger partial charge < -0.3 is 5.32 Å². The molecular weight excluding hydrogens is 254 g/mol. The van der Waals surface area contributed by atoms with Crippen LogP contribution in [0, 0.1) is 11.8 Å². The highest BCUT2D eigenvalue weighted by molar-refractivity contribution is 9.10. The van der Waals surface area contributed by atoms with Crippen LogP contribution < -0.4 is 5.32 Å². The Morgan fingerprint density at radius 2 is 2.33 bits per heavy atom. The maximum atomic E-state index is 11.4. The topological polar surface area (TPSA) is 29.1 Å². The van der Waals surface area contributed by atoms with Crippen molar-refractivity contribution >= 4 is 27.5 Å². The first kappa shape index (κ1) is 11.8. The fraction of sp³-hybridized carbons (Fsp3) is 0.250. The Bertz CT molecular complexity index is 404. The number of anilines is 1. The Kier molecular flexibility index (Phi) is 4.92. The van der Waals surface area contributed by atoms with Gasteiger partial charge in [-0.3, -0.25) is 4.79 Å². The van der Waals surface area contributed by atoms with Crippen LogP contribution in [0.5, 0.6) is 0 Å². The molecule has 0 atom stereocenters. The Balaban J connectivity index is 2.46. The monoisotopic (exact) mass is 265 g/mol. The molecule has 0 unspecified atom stereocenters. The second-order valence-electron chi connectivity index (χ2n) is 2.99. The number of hydrogen-bond acceptors (Lipinski definition) is 1. The number of halogens is 1. The van der Waals surface area contributed by atoms with Gasteiger partial charge in [0, 0.05) is 23.0 Å². The molecule has 1 aromatic rings. The summed E-state index contributed by atoms with van der Waals surface area (Å²) in [6, 6.07) is 7.52. The van der Waals surface area contributed by atoms with Gasteiger partial charge in [0.25, 0.3) is 0 Å². The summed E-state index contributed by atoms with van der Waals surface area (Å²) in [4.78, 5) is 11.4. The molecular formula is C12H12BrNO. The van der Waals surface area contributed by atoms with E-state index in [0.717, 1.165) is 10.2 Å². The van der Waals surface area contributed by atoms with Crippen LogP contribution >= 0.6 is 15.9 Å². The largest absolute Gasteiger partial charge is 0.326 e. The summed E-state index contributed by atoms with van der Waals surface area (Å²) in [5.41, 5.74) is 0.804. The first-order chi connectivity index (χ1) is 7.22. The molecule has 1 rings (SSSR count). The molecule has 0 spiro atoms. The first-order valence-electron chi connectivity index (χ1n) is 4.67. The maximum Gasteiger partial charge on any atom is 0.225 e. The fourth-order valence-corrected chi connectivity index (χ4v) is 1.49.